The molecule has 0 atom stereocenters. The fourth-order valence-electron chi connectivity index (χ4n) is 2.92. The van der Waals surface area contributed by atoms with Crippen LogP contribution in [0.25, 0.3) is 10.8 Å². The highest BCUT2D eigenvalue weighted by molar-refractivity contribution is 8.00. The molecule has 2 aliphatic rings. The first kappa shape index (κ1) is 16.1. The fraction of sp³-hybridized carbons (Fsp3) is 0.333. The number of amides is 1. The first-order valence-corrected chi connectivity index (χ1v) is 8.99. The van der Waals surface area contributed by atoms with E-state index in [0.717, 1.165) is 15.7 Å². The molecule has 0 unspecified atom stereocenters. The smallest absolute Gasteiger partial charge is 0.233 e. The molecule has 0 spiro atoms. The number of carbonyl (C=O) groups excluding carboxylic acids is 1. The Morgan fingerprint density at radius 3 is 2.48 bits per heavy atom. The maximum Gasteiger partial charge on any atom is 0.233 e. The van der Waals surface area contributed by atoms with E-state index in [1.165, 1.54) is 11.8 Å². The molecule has 1 saturated heterocycles. The van der Waals surface area contributed by atoms with Crippen molar-refractivity contribution in [3.63, 3.8) is 0 Å². The van der Waals surface area contributed by atoms with Crippen molar-refractivity contribution in [2.24, 2.45) is 0 Å². The van der Waals surface area contributed by atoms with Crippen molar-refractivity contribution in [3.05, 3.63) is 29.8 Å². The van der Waals surface area contributed by atoms with E-state index in [-0.39, 0.29) is 12.7 Å². The van der Waals surface area contributed by atoms with Crippen LogP contribution in [0.3, 0.4) is 0 Å². The predicted octanol–water partition coefficient (Wildman–Crippen LogP) is 2.39. The summed E-state index contributed by atoms with van der Waals surface area (Å²) in [6.45, 7) is 2.65. The van der Waals surface area contributed by atoms with Crippen molar-refractivity contribution in [2.75, 3.05) is 38.8 Å². The summed E-state index contributed by atoms with van der Waals surface area (Å²) in [5.41, 5.74) is 0.561. The van der Waals surface area contributed by atoms with Gasteiger partial charge in [-0.3, -0.25) is 4.79 Å². The summed E-state index contributed by atoms with van der Waals surface area (Å²) in [6.07, 6.45) is 0. The molecule has 2 heterocycles. The summed E-state index contributed by atoms with van der Waals surface area (Å²) in [5, 5.41) is 11.3. The highest BCUT2D eigenvalue weighted by atomic mass is 32.2. The number of nitrogens with zero attached hydrogens (tertiary/aromatic N) is 2. The molecular formula is C18H16N2O4S. The van der Waals surface area contributed by atoms with Gasteiger partial charge in [0, 0.05) is 18.0 Å². The van der Waals surface area contributed by atoms with Crippen LogP contribution in [-0.4, -0.2) is 49.7 Å². The van der Waals surface area contributed by atoms with Gasteiger partial charge in [0.25, 0.3) is 0 Å². The van der Waals surface area contributed by atoms with Crippen molar-refractivity contribution < 1.29 is 19.0 Å². The number of fused-ring (bicyclic) bond motifs is 2. The number of benzene rings is 2. The Bertz CT molecular complexity index is 871. The molecule has 0 aliphatic carbocycles. The zero-order chi connectivity index (χ0) is 17.2. The Balaban J connectivity index is 1.57. The third-order valence-electron chi connectivity index (χ3n) is 4.27. The van der Waals surface area contributed by atoms with E-state index >= 15 is 0 Å². The Morgan fingerprint density at radius 2 is 1.80 bits per heavy atom. The highest BCUT2D eigenvalue weighted by Crippen LogP contribution is 2.38. The molecule has 1 amide bonds. The Labute approximate surface area is 149 Å². The van der Waals surface area contributed by atoms with Gasteiger partial charge in [-0.05, 0) is 35.0 Å². The van der Waals surface area contributed by atoms with Crippen LogP contribution in [0.2, 0.25) is 0 Å². The molecule has 0 aromatic heterocycles. The second-order valence-electron chi connectivity index (χ2n) is 5.79. The second kappa shape index (κ2) is 6.82. The summed E-state index contributed by atoms with van der Waals surface area (Å²) in [7, 11) is 0. The summed E-state index contributed by atoms with van der Waals surface area (Å²) in [4.78, 5) is 14.9. The third kappa shape index (κ3) is 3.23. The van der Waals surface area contributed by atoms with Crippen LogP contribution in [0.15, 0.2) is 29.2 Å². The van der Waals surface area contributed by atoms with Crippen LogP contribution in [0.1, 0.15) is 5.56 Å². The van der Waals surface area contributed by atoms with E-state index in [0.29, 0.717) is 49.1 Å². The largest absolute Gasteiger partial charge is 0.454 e. The zero-order valence-electron chi connectivity index (χ0n) is 13.5. The normalized spacial score (nSPS) is 16.0. The number of carbonyl (C=O) groups is 1. The van der Waals surface area contributed by atoms with Crippen LogP contribution in [0.5, 0.6) is 11.5 Å². The summed E-state index contributed by atoms with van der Waals surface area (Å²) >= 11 is 1.39. The van der Waals surface area contributed by atoms with Crippen LogP contribution in [-0.2, 0) is 9.53 Å². The van der Waals surface area contributed by atoms with E-state index in [4.69, 9.17) is 14.2 Å². The standard InChI is InChI=1S/C18H16N2O4S/c19-9-14-5-12-6-15-16(24-11-23-15)7-13(12)8-17(14)25-10-18(21)20-1-3-22-4-2-20/h5-8H,1-4,10-11H2. The van der Waals surface area contributed by atoms with Crippen LogP contribution in [0.4, 0.5) is 0 Å². The molecule has 0 radical (unpaired) electrons. The Kier molecular flexibility index (Phi) is 4.38. The molecule has 0 N–H and O–H groups in total. The minimum Gasteiger partial charge on any atom is -0.454 e. The molecule has 25 heavy (non-hydrogen) atoms. The van der Waals surface area contributed by atoms with E-state index in [2.05, 4.69) is 6.07 Å². The zero-order valence-corrected chi connectivity index (χ0v) is 14.3. The van der Waals surface area contributed by atoms with Gasteiger partial charge in [0.05, 0.1) is 24.5 Å². The minimum atomic E-state index is 0.0722. The quantitative estimate of drug-likeness (QED) is 0.787. The van der Waals surface area contributed by atoms with Gasteiger partial charge in [-0.2, -0.15) is 5.26 Å². The first-order chi connectivity index (χ1) is 12.2. The maximum atomic E-state index is 12.3. The topological polar surface area (TPSA) is 71.8 Å². The molecule has 128 valence electrons. The molecule has 2 aromatic rings. The Morgan fingerprint density at radius 1 is 1.12 bits per heavy atom. The first-order valence-electron chi connectivity index (χ1n) is 8.00. The predicted molar refractivity (Wildman–Crippen MR) is 92.9 cm³/mol. The van der Waals surface area contributed by atoms with Gasteiger partial charge >= 0.3 is 0 Å². The maximum absolute atomic E-state index is 12.3. The van der Waals surface area contributed by atoms with E-state index in [1.807, 2.05) is 29.2 Å². The van der Waals surface area contributed by atoms with Crippen LogP contribution >= 0.6 is 11.8 Å². The van der Waals surface area contributed by atoms with Gasteiger partial charge < -0.3 is 19.1 Å². The average molecular weight is 356 g/mol. The van der Waals surface area contributed by atoms with Crippen molar-refractivity contribution in [1.82, 2.24) is 4.90 Å². The second-order valence-corrected chi connectivity index (χ2v) is 6.81. The molecule has 1 fully saturated rings. The Hall–Kier alpha value is -2.43. The summed E-state index contributed by atoms with van der Waals surface area (Å²) in [5.74, 6) is 1.78. The van der Waals surface area contributed by atoms with E-state index < -0.39 is 0 Å². The molecule has 0 bridgehead atoms. The van der Waals surface area contributed by atoms with Crippen LogP contribution < -0.4 is 9.47 Å². The van der Waals surface area contributed by atoms with Crippen molar-refractivity contribution in [1.29, 1.82) is 5.26 Å². The van der Waals surface area contributed by atoms with Gasteiger partial charge in [0.2, 0.25) is 12.7 Å². The number of morpholine rings is 1. The summed E-state index contributed by atoms with van der Waals surface area (Å²) < 4.78 is 16.1. The number of ether oxygens (including phenoxy) is 3. The van der Waals surface area contributed by atoms with Gasteiger partial charge in [-0.25, -0.2) is 0 Å². The van der Waals surface area contributed by atoms with E-state index in [9.17, 15) is 10.1 Å². The lowest BCUT2D eigenvalue weighted by Crippen LogP contribution is -2.41. The lowest BCUT2D eigenvalue weighted by Gasteiger charge is -2.26. The highest BCUT2D eigenvalue weighted by Gasteiger charge is 2.19. The molecule has 4 rings (SSSR count). The summed E-state index contributed by atoms with van der Waals surface area (Å²) in [6, 6.07) is 9.78. The van der Waals surface area contributed by atoms with Gasteiger partial charge in [-0.15, -0.1) is 11.8 Å². The van der Waals surface area contributed by atoms with Crippen molar-refractivity contribution in [2.45, 2.75) is 4.90 Å². The SMILES string of the molecule is N#Cc1cc2cc3c(cc2cc1SCC(=O)N1CCOCC1)OCO3. The molecule has 7 heteroatoms. The van der Waals surface area contributed by atoms with Crippen molar-refractivity contribution in [3.8, 4) is 17.6 Å². The number of thioether (sulfide) groups is 1. The van der Waals surface area contributed by atoms with Gasteiger partial charge in [0.15, 0.2) is 11.5 Å². The van der Waals surface area contributed by atoms with Gasteiger partial charge in [0.1, 0.15) is 6.07 Å². The minimum absolute atomic E-state index is 0.0722. The van der Waals surface area contributed by atoms with Crippen LogP contribution in [0, 0.1) is 11.3 Å². The van der Waals surface area contributed by atoms with Crippen molar-refractivity contribution >= 4 is 28.4 Å². The molecule has 2 aromatic carbocycles. The fourth-order valence-corrected chi connectivity index (χ4v) is 3.85. The average Bonchev–Trinajstić information content (AvgIpc) is 3.11. The number of hydrogen-bond donors (Lipinski definition) is 0. The van der Waals surface area contributed by atoms with Gasteiger partial charge in [-0.1, -0.05) is 0 Å². The number of hydrogen-bond acceptors (Lipinski definition) is 6. The lowest BCUT2D eigenvalue weighted by atomic mass is 10.1. The third-order valence-corrected chi connectivity index (χ3v) is 5.31. The van der Waals surface area contributed by atoms with E-state index in [1.54, 1.807) is 0 Å². The molecular weight excluding hydrogens is 340 g/mol. The number of nitriles is 1. The molecule has 2 aliphatic heterocycles. The lowest BCUT2D eigenvalue weighted by molar-refractivity contribution is -0.132. The molecule has 6 nitrogen and oxygen atoms in total. The monoisotopic (exact) mass is 356 g/mol. The molecule has 0 saturated carbocycles. The number of rotatable bonds is 3.